The van der Waals surface area contributed by atoms with Crippen molar-refractivity contribution in [2.24, 2.45) is 11.5 Å². The number of aliphatic hydroxyl groups is 1. The summed E-state index contributed by atoms with van der Waals surface area (Å²) in [4.78, 5) is 23.4. The molecule has 1 rings (SSSR count). The topological polar surface area (TPSA) is 116 Å². The van der Waals surface area contributed by atoms with Crippen LogP contribution in [0.2, 0.25) is 5.02 Å². The molecule has 1 unspecified atom stereocenters. The Morgan fingerprint density at radius 3 is 2.59 bits per heavy atom. The smallest absolute Gasteiger partial charge is 0.377 e. The molecule has 0 saturated heterocycles. The van der Waals surface area contributed by atoms with Crippen LogP contribution in [-0.2, 0) is 20.9 Å². The van der Waals surface area contributed by atoms with Crippen LogP contribution >= 0.6 is 11.6 Å². The second kappa shape index (κ2) is 9.53. The molecule has 0 radical (unpaired) electrons. The fourth-order valence-corrected chi connectivity index (χ4v) is 2.02. The van der Waals surface area contributed by atoms with Gasteiger partial charge in [-0.25, -0.2) is 4.79 Å². The van der Waals surface area contributed by atoms with E-state index in [1.165, 1.54) is 0 Å². The van der Waals surface area contributed by atoms with Gasteiger partial charge in [-0.3, -0.25) is 4.79 Å². The number of hydrogen-bond donors (Lipinski definition) is 3. The number of nitrogens with two attached hydrogens (primary N) is 2. The standard InChI is InChI=1S/C15H21ClN2O4/c16-11-6-2-1-5-10(11)9-22-15(21)14(20)13(19)12(18)7-3-4-8-17/h1-2,5-6,12-13,19H,3-4,7-9,17-18H2/t12-,13?/m0/s1. The molecule has 7 heteroatoms. The fraction of sp³-hybridized carbons (Fsp3) is 0.467. The average molecular weight is 329 g/mol. The molecule has 0 aliphatic heterocycles. The highest BCUT2D eigenvalue weighted by Gasteiger charge is 2.29. The zero-order valence-electron chi connectivity index (χ0n) is 12.2. The molecule has 0 bridgehead atoms. The molecule has 122 valence electrons. The highest BCUT2D eigenvalue weighted by Crippen LogP contribution is 2.16. The number of aliphatic hydroxyl groups excluding tert-OH is 1. The average Bonchev–Trinajstić information content (AvgIpc) is 2.52. The third-order valence-corrected chi connectivity index (χ3v) is 3.55. The van der Waals surface area contributed by atoms with Crippen LogP contribution in [0.3, 0.4) is 0 Å². The molecule has 0 amide bonds. The van der Waals surface area contributed by atoms with E-state index in [1.54, 1.807) is 24.3 Å². The lowest BCUT2D eigenvalue weighted by atomic mass is 10.0. The SMILES string of the molecule is NCCCC[C@H](N)C(O)C(=O)C(=O)OCc1ccccc1Cl. The van der Waals surface area contributed by atoms with Gasteiger partial charge < -0.3 is 21.3 Å². The third kappa shape index (κ3) is 5.73. The van der Waals surface area contributed by atoms with E-state index in [2.05, 4.69) is 0 Å². The van der Waals surface area contributed by atoms with Crippen LogP contribution in [-0.4, -0.2) is 35.5 Å². The Kier molecular flexibility index (Phi) is 8.05. The zero-order chi connectivity index (χ0) is 16.5. The molecule has 0 spiro atoms. The van der Waals surface area contributed by atoms with E-state index in [0.29, 0.717) is 30.0 Å². The van der Waals surface area contributed by atoms with Crippen LogP contribution < -0.4 is 11.5 Å². The van der Waals surface area contributed by atoms with Crippen molar-refractivity contribution in [2.75, 3.05) is 6.54 Å². The van der Waals surface area contributed by atoms with E-state index in [1.807, 2.05) is 0 Å². The Labute approximate surface area is 134 Å². The summed E-state index contributed by atoms with van der Waals surface area (Å²) in [6.45, 7) is 0.371. The van der Waals surface area contributed by atoms with Crippen molar-refractivity contribution >= 4 is 23.4 Å². The van der Waals surface area contributed by atoms with Gasteiger partial charge in [0.2, 0.25) is 0 Å². The summed E-state index contributed by atoms with van der Waals surface area (Å²) < 4.78 is 4.86. The molecule has 1 aromatic rings. The molecule has 6 nitrogen and oxygen atoms in total. The van der Waals surface area contributed by atoms with Crippen molar-refractivity contribution in [3.63, 3.8) is 0 Å². The van der Waals surface area contributed by atoms with E-state index in [9.17, 15) is 14.7 Å². The molecule has 0 aliphatic rings. The Balaban J connectivity index is 2.47. The van der Waals surface area contributed by atoms with E-state index < -0.39 is 23.9 Å². The first kappa shape index (κ1) is 18.6. The summed E-state index contributed by atoms with van der Waals surface area (Å²) in [5, 5.41) is 10.2. The number of halogens is 1. The second-order valence-corrected chi connectivity index (χ2v) is 5.33. The second-order valence-electron chi connectivity index (χ2n) is 4.92. The van der Waals surface area contributed by atoms with Crippen molar-refractivity contribution in [2.45, 2.75) is 38.0 Å². The van der Waals surface area contributed by atoms with Crippen LogP contribution in [0, 0.1) is 0 Å². The van der Waals surface area contributed by atoms with Gasteiger partial charge in [0.15, 0.2) is 0 Å². The monoisotopic (exact) mass is 328 g/mol. The van der Waals surface area contributed by atoms with Crippen LogP contribution in [0.15, 0.2) is 24.3 Å². The van der Waals surface area contributed by atoms with Gasteiger partial charge in [-0.2, -0.15) is 0 Å². The molecule has 0 aliphatic carbocycles. The Morgan fingerprint density at radius 1 is 1.27 bits per heavy atom. The maximum absolute atomic E-state index is 11.8. The quantitative estimate of drug-likeness (QED) is 0.350. The molecule has 2 atom stereocenters. The first-order chi connectivity index (χ1) is 10.5. The lowest BCUT2D eigenvalue weighted by Crippen LogP contribution is -2.44. The van der Waals surface area contributed by atoms with Crippen molar-refractivity contribution in [1.29, 1.82) is 0 Å². The number of ketones is 1. The van der Waals surface area contributed by atoms with Gasteiger partial charge in [0.25, 0.3) is 5.78 Å². The first-order valence-electron chi connectivity index (χ1n) is 7.05. The third-order valence-electron chi connectivity index (χ3n) is 3.18. The summed E-state index contributed by atoms with van der Waals surface area (Å²) in [5.41, 5.74) is 11.6. The van der Waals surface area contributed by atoms with Gasteiger partial charge in [-0.05, 0) is 25.5 Å². The van der Waals surface area contributed by atoms with Crippen LogP contribution in [0.25, 0.3) is 0 Å². The molecule has 0 fully saturated rings. The number of Topliss-reactive ketones (excluding diaryl/α,β-unsaturated/α-hetero) is 1. The molecule has 1 aromatic carbocycles. The zero-order valence-corrected chi connectivity index (χ0v) is 13.0. The largest absolute Gasteiger partial charge is 0.455 e. The molecular weight excluding hydrogens is 308 g/mol. The Morgan fingerprint density at radius 2 is 1.95 bits per heavy atom. The summed E-state index contributed by atoms with van der Waals surface area (Å²) in [7, 11) is 0. The van der Waals surface area contributed by atoms with Crippen molar-refractivity contribution in [1.82, 2.24) is 0 Å². The van der Waals surface area contributed by atoms with Crippen LogP contribution in [0.5, 0.6) is 0 Å². The summed E-state index contributed by atoms with van der Waals surface area (Å²) in [6, 6.07) is 5.98. The van der Waals surface area contributed by atoms with Gasteiger partial charge in [0.05, 0.1) is 0 Å². The van der Waals surface area contributed by atoms with Crippen molar-refractivity contribution in [3.8, 4) is 0 Å². The minimum atomic E-state index is -1.57. The molecule has 0 heterocycles. The van der Waals surface area contributed by atoms with Gasteiger partial charge in [0.1, 0.15) is 12.7 Å². The van der Waals surface area contributed by atoms with Crippen LogP contribution in [0.1, 0.15) is 24.8 Å². The lowest BCUT2D eigenvalue weighted by molar-refractivity contribution is -0.159. The van der Waals surface area contributed by atoms with Crippen LogP contribution in [0.4, 0.5) is 0 Å². The lowest BCUT2D eigenvalue weighted by Gasteiger charge is -2.16. The predicted molar refractivity (Wildman–Crippen MR) is 83.1 cm³/mol. The number of carbonyl (C=O) groups excluding carboxylic acids is 2. The number of unbranched alkanes of at least 4 members (excludes halogenated alkanes) is 1. The number of hydrogen-bond acceptors (Lipinski definition) is 6. The molecule has 0 saturated carbocycles. The van der Waals surface area contributed by atoms with Gasteiger partial charge >= 0.3 is 5.97 Å². The number of ether oxygens (including phenoxy) is 1. The predicted octanol–water partition coefficient (Wildman–Crippen LogP) is 0.770. The molecule has 0 aromatic heterocycles. The first-order valence-corrected chi connectivity index (χ1v) is 7.43. The van der Waals surface area contributed by atoms with Crippen molar-refractivity contribution < 1.29 is 19.4 Å². The maximum Gasteiger partial charge on any atom is 0.377 e. The molecule has 22 heavy (non-hydrogen) atoms. The maximum atomic E-state index is 11.8. The Bertz CT molecular complexity index is 510. The summed E-state index contributed by atoms with van der Waals surface area (Å²) in [6.07, 6.45) is 0.251. The summed E-state index contributed by atoms with van der Waals surface area (Å²) in [5.74, 6) is -2.17. The van der Waals surface area contributed by atoms with Crippen molar-refractivity contribution in [3.05, 3.63) is 34.9 Å². The summed E-state index contributed by atoms with van der Waals surface area (Å²) >= 11 is 5.92. The number of carbonyl (C=O) groups is 2. The van der Waals surface area contributed by atoms with Gasteiger partial charge in [-0.1, -0.05) is 36.2 Å². The minimum Gasteiger partial charge on any atom is -0.455 e. The minimum absolute atomic E-state index is 0.140. The van der Waals surface area contributed by atoms with E-state index in [4.69, 9.17) is 27.8 Å². The molecular formula is C15H21ClN2O4. The fourth-order valence-electron chi connectivity index (χ4n) is 1.83. The highest BCUT2D eigenvalue weighted by atomic mass is 35.5. The number of benzene rings is 1. The number of esters is 1. The number of rotatable bonds is 9. The van der Waals surface area contributed by atoms with Gasteiger partial charge in [-0.15, -0.1) is 0 Å². The molecule has 5 N–H and O–H groups in total. The Hall–Kier alpha value is -1.47. The normalized spacial score (nSPS) is 13.5. The van der Waals surface area contributed by atoms with Gasteiger partial charge in [0, 0.05) is 16.6 Å². The van der Waals surface area contributed by atoms with E-state index in [-0.39, 0.29) is 6.61 Å². The highest BCUT2D eigenvalue weighted by molar-refractivity contribution is 6.35. The van der Waals surface area contributed by atoms with E-state index >= 15 is 0 Å². The van der Waals surface area contributed by atoms with E-state index in [0.717, 1.165) is 6.42 Å².